The molecule has 1 aromatic carbocycles. The third-order valence-electron chi connectivity index (χ3n) is 4.09. The molecule has 0 saturated carbocycles. The van der Waals surface area contributed by atoms with E-state index in [1.807, 2.05) is 26.0 Å². The molecule has 1 unspecified atom stereocenters. The van der Waals surface area contributed by atoms with Crippen molar-refractivity contribution < 1.29 is 9.53 Å². The summed E-state index contributed by atoms with van der Waals surface area (Å²) < 4.78 is 5.27. The lowest BCUT2D eigenvalue weighted by Gasteiger charge is -2.38. The number of hydrogen-bond acceptors (Lipinski definition) is 4. The van der Waals surface area contributed by atoms with Crippen LogP contribution in [0.4, 0.5) is 5.69 Å². The van der Waals surface area contributed by atoms with Crippen molar-refractivity contribution in [2.45, 2.75) is 26.3 Å². The van der Waals surface area contributed by atoms with Crippen molar-refractivity contribution in [3.8, 4) is 5.75 Å². The van der Waals surface area contributed by atoms with E-state index >= 15 is 0 Å². The lowest BCUT2D eigenvalue weighted by molar-refractivity contribution is -0.123. The van der Waals surface area contributed by atoms with Crippen LogP contribution in [0.2, 0.25) is 0 Å². The predicted molar refractivity (Wildman–Crippen MR) is 81.5 cm³/mol. The van der Waals surface area contributed by atoms with Crippen LogP contribution in [0.3, 0.4) is 0 Å². The molecular weight excluding hydrogens is 252 g/mol. The van der Waals surface area contributed by atoms with E-state index in [9.17, 15) is 4.79 Å². The van der Waals surface area contributed by atoms with Crippen LogP contribution in [0.15, 0.2) is 24.3 Å². The third kappa shape index (κ3) is 3.31. The highest BCUT2D eigenvalue weighted by Crippen LogP contribution is 2.22. The number of ketones is 1. The summed E-state index contributed by atoms with van der Waals surface area (Å²) in [5.41, 5.74) is 1.19. The van der Waals surface area contributed by atoms with Gasteiger partial charge in [0.05, 0.1) is 13.2 Å². The number of benzene rings is 1. The van der Waals surface area contributed by atoms with Crippen molar-refractivity contribution in [1.29, 1.82) is 0 Å². The molecule has 0 aliphatic carbocycles. The molecule has 1 aromatic rings. The summed E-state index contributed by atoms with van der Waals surface area (Å²) in [6.45, 7) is 7.73. The summed E-state index contributed by atoms with van der Waals surface area (Å²) in [4.78, 5) is 16.4. The first-order chi connectivity index (χ1) is 9.65. The van der Waals surface area contributed by atoms with Crippen molar-refractivity contribution in [2.75, 3.05) is 38.2 Å². The highest BCUT2D eigenvalue weighted by molar-refractivity contribution is 5.83. The summed E-state index contributed by atoms with van der Waals surface area (Å²) in [5, 5.41) is 0. The van der Waals surface area contributed by atoms with Crippen molar-refractivity contribution in [2.24, 2.45) is 0 Å². The largest absolute Gasteiger partial charge is 0.497 e. The molecule has 1 aliphatic heterocycles. The zero-order chi connectivity index (χ0) is 14.5. The molecule has 0 bridgehead atoms. The number of nitrogens with zero attached hydrogens (tertiary/aromatic N) is 2. The van der Waals surface area contributed by atoms with Crippen molar-refractivity contribution >= 4 is 11.5 Å². The van der Waals surface area contributed by atoms with Crippen molar-refractivity contribution in [3.05, 3.63) is 24.3 Å². The van der Waals surface area contributed by atoms with Crippen LogP contribution in [-0.2, 0) is 4.79 Å². The lowest BCUT2D eigenvalue weighted by Crippen LogP contribution is -2.51. The van der Waals surface area contributed by atoms with Gasteiger partial charge in [0.15, 0.2) is 0 Å². The van der Waals surface area contributed by atoms with Gasteiger partial charge in [-0.3, -0.25) is 9.69 Å². The number of anilines is 1. The Morgan fingerprint density at radius 1 is 1.30 bits per heavy atom. The summed E-state index contributed by atoms with van der Waals surface area (Å²) in [6.07, 6.45) is 0.622. The monoisotopic (exact) mass is 276 g/mol. The Labute approximate surface area is 121 Å². The first kappa shape index (κ1) is 14.9. The fourth-order valence-electron chi connectivity index (χ4n) is 2.67. The maximum Gasteiger partial charge on any atom is 0.149 e. The fourth-order valence-corrected chi connectivity index (χ4v) is 2.67. The van der Waals surface area contributed by atoms with Gasteiger partial charge in [-0.2, -0.15) is 0 Å². The predicted octanol–water partition coefficient (Wildman–Crippen LogP) is 2.18. The molecule has 0 radical (unpaired) electrons. The molecule has 4 nitrogen and oxygen atoms in total. The number of carbonyl (C=O) groups is 1. The molecule has 0 amide bonds. The second-order valence-electron chi connectivity index (χ2n) is 5.22. The highest BCUT2D eigenvalue weighted by Gasteiger charge is 2.24. The minimum Gasteiger partial charge on any atom is -0.497 e. The zero-order valence-corrected chi connectivity index (χ0v) is 12.6. The van der Waals surface area contributed by atoms with E-state index in [4.69, 9.17) is 4.74 Å². The molecule has 1 aliphatic rings. The van der Waals surface area contributed by atoms with Crippen LogP contribution in [-0.4, -0.2) is 50.0 Å². The number of ether oxygens (including phenoxy) is 1. The Kier molecular flexibility index (Phi) is 5.01. The van der Waals surface area contributed by atoms with Gasteiger partial charge < -0.3 is 9.64 Å². The molecule has 1 saturated heterocycles. The van der Waals surface area contributed by atoms with Crippen molar-refractivity contribution in [1.82, 2.24) is 4.90 Å². The average Bonchev–Trinajstić information content (AvgIpc) is 2.53. The van der Waals surface area contributed by atoms with Crippen LogP contribution in [0.25, 0.3) is 0 Å². The van der Waals surface area contributed by atoms with Crippen LogP contribution in [0, 0.1) is 0 Å². The molecule has 20 heavy (non-hydrogen) atoms. The Hall–Kier alpha value is -1.55. The van der Waals surface area contributed by atoms with Gasteiger partial charge >= 0.3 is 0 Å². The van der Waals surface area contributed by atoms with E-state index < -0.39 is 0 Å². The lowest BCUT2D eigenvalue weighted by atomic mass is 10.1. The Morgan fingerprint density at radius 3 is 2.60 bits per heavy atom. The van der Waals surface area contributed by atoms with E-state index in [2.05, 4.69) is 21.9 Å². The van der Waals surface area contributed by atoms with E-state index in [1.54, 1.807) is 7.11 Å². The fraction of sp³-hybridized carbons (Fsp3) is 0.562. The van der Waals surface area contributed by atoms with Gasteiger partial charge in [-0.25, -0.2) is 0 Å². The molecule has 0 N–H and O–H groups in total. The van der Waals surface area contributed by atoms with Gasteiger partial charge in [0.25, 0.3) is 0 Å². The van der Waals surface area contributed by atoms with Crippen LogP contribution >= 0.6 is 0 Å². The summed E-state index contributed by atoms with van der Waals surface area (Å²) in [7, 11) is 1.69. The maximum atomic E-state index is 11.8. The number of hydrogen-bond donors (Lipinski definition) is 0. The molecule has 1 heterocycles. The SMILES string of the molecule is CCC(=O)C(C)N1CCN(c2cccc(OC)c2)CC1. The van der Waals surface area contributed by atoms with E-state index in [0.717, 1.165) is 31.9 Å². The summed E-state index contributed by atoms with van der Waals surface area (Å²) in [6, 6.07) is 8.20. The highest BCUT2D eigenvalue weighted by atomic mass is 16.5. The van der Waals surface area contributed by atoms with Crippen LogP contribution in [0.5, 0.6) is 5.75 Å². The Bertz CT molecular complexity index is 454. The normalized spacial score (nSPS) is 17.9. The van der Waals surface area contributed by atoms with Crippen LogP contribution < -0.4 is 9.64 Å². The second kappa shape index (κ2) is 6.75. The van der Waals surface area contributed by atoms with E-state index in [0.29, 0.717) is 12.2 Å². The minimum absolute atomic E-state index is 0.0486. The number of carbonyl (C=O) groups excluding carboxylic acids is 1. The smallest absolute Gasteiger partial charge is 0.149 e. The van der Waals surface area contributed by atoms with Gasteiger partial charge in [-0.1, -0.05) is 13.0 Å². The zero-order valence-electron chi connectivity index (χ0n) is 12.6. The standard InChI is InChI=1S/C16H24N2O2/c1-4-16(19)13(2)17-8-10-18(11-9-17)14-6-5-7-15(12-14)20-3/h5-7,12-13H,4,8-11H2,1-3H3. The van der Waals surface area contributed by atoms with Gasteiger partial charge in [0.2, 0.25) is 0 Å². The number of rotatable bonds is 5. The Balaban J connectivity index is 1.95. The topological polar surface area (TPSA) is 32.8 Å². The number of methoxy groups -OCH3 is 1. The van der Waals surface area contributed by atoms with Gasteiger partial charge in [0, 0.05) is 44.4 Å². The quantitative estimate of drug-likeness (QED) is 0.825. The summed E-state index contributed by atoms with van der Waals surface area (Å²) in [5.74, 6) is 1.22. The summed E-state index contributed by atoms with van der Waals surface area (Å²) >= 11 is 0. The first-order valence-electron chi connectivity index (χ1n) is 7.31. The molecule has 0 aromatic heterocycles. The van der Waals surface area contributed by atoms with Crippen molar-refractivity contribution in [3.63, 3.8) is 0 Å². The minimum atomic E-state index is 0.0486. The van der Waals surface area contributed by atoms with Gasteiger partial charge in [0.1, 0.15) is 11.5 Å². The van der Waals surface area contributed by atoms with E-state index in [1.165, 1.54) is 5.69 Å². The van der Waals surface area contributed by atoms with Gasteiger partial charge in [-0.05, 0) is 19.1 Å². The molecule has 0 spiro atoms. The van der Waals surface area contributed by atoms with E-state index in [-0.39, 0.29) is 6.04 Å². The molecule has 110 valence electrons. The number of Topliss-reactive ketones (excluding diaryl/α,β-unsaturated/α-hetero) is 1. The second-order valence-corrected chi connectivity index (χ2v) is 5.22. The first-order valence-corrected chi connectivity index (χ1v) is 7.31. The molecule has 2 rings (SSSR count). The molecule has 4 heteroatoms. The van der Waals surface area contributed by atoms with Gasteiger partial charge in [-0.15, -0.1) is 0 Å². The Morgan fingerprint density at radius 2 is 2.00 bits per heavy atom. The molecule has 1 fully saturated rings. The third-order valence-corrected chi connectivity index (χ3v) is 4.09. The molecular formula is C16H24N2O2. The number of piperazine rings is 1. The molecule has 1 atom stereocenters. The average molecular weight is 276 g/mol. The van der Waals surface area contributed by atoms with Crippen LogP contribution in [0.1, 0.15) is 20.3 Å². The maximum absolute atomic E-state index is 11.8.